The number of nitrogens with two attached hydrogens (primary N) is 1. The lowest BCUT2D eigenvalue weighted by molar-refractivity contribution is 0.0934. The fourth-order valence-corrected chi connectivity index (χ4v) is 4.64. The van der Waals surface area contributed by atoms with E-state index in [1.807, 2.05) is 0 Å². The summed E-state index contributed by atoms with van der Waals surface area (Å²) in [4.78, 5) is 20.7. The first-order chi connectivity index (χ1) is 9.94. The van der Waals surface area contributed by atoms with Crippen molar-refractivity contribution < 1.29 is 13.2 Å². The third-order valence-corrected chi connectivity index (χ3v) is 5.75. The predicted octanol–water partition coefficient (Wildman–Crippen LogP) is -0.146. The van der Waals surface area contributed by atoms with E-state index in [1.54, 1.807) is 0 Å². The molecular weight excluding hydrogens is 292 g/mol. The fourth-order valence-electron chi connectivity index (χ4n) is 2.96. The van der Waals surface area contributed by atoms with Crippen molar-refractivity contribution in [3.8, 4) is 0 Å². The number of fused-ring (bicyclic) bond motifs is 1. The average molecular weight is 310 g/mol. The Morgan fingerprint density at radius 1 is 1.24 bits per heavy atom. The molecule has 2 aliphatic rings. The van der Waals surface area contributed by atoms with Gasteiger partial charge in [-0.2, -0.15) is 0 Å². The van der Waals surface area contributed by atoms with Crippen LogP contribution in [-0.4, -0.2) is 41.8 Å². The van der Waals surface area contributed by atoms with E-state index in [9.17, 15) is 13.2 Å². The molecule has 1 aliphatic heterocycles. The van der Waals surface area contributed by atoms with Gasteiger partial charge in [0.25, 0.3) is 5.91 Å². The molecule has 1 unspecified atom stereocenters. The molecule has 3 N–H and O–H groups in total. The van der Waals surface area contributed by atoms with Gasteiger partial charge in [0.2, 0.25) is 5.95 Å². The Balaban J connectivity index is 1.83. The second-order valence-corrected chi connectivity index (χ2v) is 7.86. The van der Waals surface area contributed by atoms with Crippen molar-refractivity contribution in [2.75, 3.05) is 17.2 Å². The quantitative estimate of drug-likeness (QED) is 0.785. The van der Waals surface area contributed by atoms with Crippen LogP contribution in [0.4, 0.5) is 5.95 Å². The van der Waals surface area contributed by atoms with E-state index in [0.717, 1.165) is 36.9 Å². The first-order valence-electron chi connectivity index (χ1n) is 7.11. The molecule has 0 radical (unpaired) electrons. The molecule has 1 atom stereocenters. The van der Waals surface area contributed by atoms with E-state index in [0.29, 0.717) is 12.1 Å². The van der Waals surface area contributed by atoms with E-state index < -0.39 is 9.84 Å². The number of sulfone groups is 1. The smallest absolute Gasteiger partial charge is 0.270 e. The highest BCUT2D eigenvalue weighted by atomic mass is 32.2. The Kier molecular flexibility index (Phi) is 3.56. The summed E-state index contributed by atoms with van der Waals surface area (Å²) in [5.74, 6) is -0.118. The van der Waals surface area contributed by atoms with Gasteiger partial charge in [-0.05, 0) is 32.1 Å². The van der Waals surface area contributed by atoms with Crippen molar-refractivity contribution in [2.24, 2.45) is 0 Å². The van der Waals surface area contributed by atoms with E-state index in [2.05, 4.69) is 15.3 Å². The molecule has 8 heteroatoms. The summed E-state index contributed by atoms with van der Waals surface area (Å²) in [5, 5.41) is 2.76. The molecule has 7 nitrogen and oxygen atoms in total. The Morgan fingerprint density at radius 3 is 2.71 bits per heavy atom. The lowest BCUT2D eigenvalue weighted by Crippen LogP contribution is -2.37. The van der Waals surface area contributed by atoms with Gasteiger partial charge in [-0.25, -0.2) is 18.4 Å². The summed E-state index contributed by atoms with van der Waals surface area (Å²) in [5.41, 5.74) is 7.68. The molecule has 2 heterocycles. The molecule has 1 fully saturated rings. The van der Waals surface area contributed by atoms with Gasteiger partial charge < -0.3 is 11.1 Å². The Hall–Kier alpha value is -1.70. The molecule has 0 spiro atoms. The molecule has 1 aliphatic carbocycles. The highest BCUT2D eigenvalue weighted by molar-refractivity contribution is 7.91. The van der Waals surface area contributed by atoms with Gasteiger partial charge in [-0.1, -0.05) is 0 Å². The standard InChI is InChI=1S/C13H18N4O3S/c14-13-16-10-4-2-1-3-9(10)11(17-13)12(18)15-8-5-6-21(19,20)7-8/h8H,1-7H2,(H,15,18)(H2,14,16,17). The summed E-state index contributed by atoms with van der Waals surface area (Å²) >= 11 is 0. The van der Waals surface area contributed by atoms with Crippen molar-refractivity contribution in [1.82, 2.24) is 15.3 Å². The van der Waals surface area contributed by atoms with Gasteiger partial charge in [0.15, 0.2) is 9.84 Å². The van der Waals surface area contributed by atoms with E-state index in [1.165, 1.54) is 0 Å². The number of nitrogens with zero attached hydrogens (tertiary/aromatic N) is 2. The highest BCUT2D eigenvalue weighted by Gasteiger charge is 2.30. The number of nitrogens with one attached hydrogen (secondary N) is 1. The van der Waals surface area contributed by atoms with Crippen LogP contribution in [0.1, 0.15) is 41.0 Å². The molecule has 1 saturated heterocycles. The van der Waals surface area contributed by atoms with Crippen LogP contribution >= 0.6 is 0 Å². The molecule has 1 aromatic rings. The van der Waals surface area contributed by atoms with Crippen molar-refractivity contribution in [2.45, 2.75) is 38.1 Å². The second kappa shape index (κ2) is 5.25. The van der Waals surface area contributed by atoms with Crippen LogP contribution in [0.2, 0.25) is 0 Å². The zero-order valence-electron chi connectivity index (χ0n) is 11.6. The molecule has 0 aromatic carbocycles. The zero-order chi connectivity index (χ0) is 15.0. The van der Waals surface area contributed by atoms with Crippen LogP contribution in [-0.2, 0) is 22.7 Å². The lowest BCUT2D eigenvalue weighted by atomic mass is 9.94. The monoisotopic (exact) mass is 310 g/mol. The van der Waals surface area contributed by atoms with Crippen molar-refractivity contribution in [1.29, 1.82) is 0 Å². The average Bonchev–Trinajstić information content (AvgIpc) is 2.76. The molecule has 3 rings (SSSR count). The normalized spacial score (nSPS) is 23.5. The predicted molar refractivity (Wildman–Crippen MR) is 77.6 cm³/mol. The number of hydrogen-bond acceptors (Lipinski definition) is 6. The highest BCUT2D eigenvalue weighted by Crippen LogP contribution is 2.23. The van der Waals surface area contributed by atoms with Crippen LogP contribution in [0, 0.1) is 0 Å². The molecule has 0 bridgehead atoms. The van der Waals surface area contributed by atoms with Gasteiger partial charge in [0, 0.05) is 17.3 Å². The van der Waals surface area contributed by atoms with Gasteiger partial charge in [-0.15, -0.1) is 0 Å². The summed E-state index contributed by atoms with van der Waals surface area (Å²) < 4.78 is 22.9. The molecule has 21 heavy (non-hydrogen) atoms. The largest absolute Gasteiger partial charge is 0.368 e. The van der Waals surface area contributed by atoms with Crippen LogP contribution in [0.5, 0.6) is 0 Å². The minimum absolute atomic E-state index is 0.00148. The Labute approximate surface area is 123 Å². The minimum Gasteiger partial charge on any atom is -0.368 e. The summed E-state index contributed by atoms with van der Waals surface area (Å²) in [6.07, 6.45) is 4.06. The summed E-state index contributed by atoms with van der Waals surface area (Å²) in [6, 6.07) is -0.335. The first kappa shape index (κ1) is 14.2. The third-order valence-electron chi connectivity index (χ3n) is 3.98. The van der Waals surface area contributed by atoms with Crippen LogP contribution in [0.15, 0.2) is 0 Å². The number of carbonyl (C=O) groups excluding carboxylic acids is 1. The molecule has 1 amide bonds. The van der Waals surface area contributed by atoms with Crippen LogP contribution < -0.4 is 11.1 Å². The molecule has 0 saturated carbocycles. The number of aryl methyl sites for hydroxylation is 1. The number of anilines is 1. The number of carbonyl (C=O) groups is 1. The zero-order valence-corrected chi connectivity index (χ0v) is 12.4. The van der Waals surface area contributed by atoms with Gasteiger partial charge >= 0.3 is 0 Å². The van der Waals surface area contributed by atoms with Gasteiger partial charge in [0.1, 0.15) is 5.69 Å². The fraction of sp³-hybridized carbons (Fsp3) is 0.615. The number of amides is 1. The molecule has 114 valence electrons. The second-order valence-electron chi connectivity index (χ2n) is 5.64. The maximum absolute atomic E-state index is 12.4. The SMILES string of the molecule is Nc1nc2c(c(C(=O)NC3CCS(=O)(=O)C3)n1)CCCC2. The third kappa shape index (κ3) is 2.99. The van der Waals surface area contributed by atoms with Crippen molar-refractivity contribution in [3.63, 3.8) is 0 Å². The van der Waals surface area contributed by atoms with Crippen molar-refractivity contribution >= 4 is 21.7 Å². The number of rotatable bonds is 2. The maximum atomic E-state index is 12.4. The van der Waals surface area contributed by atoms with E-state index in [-0.39, 0.29) is 29.4 Å². The summed E-state index contributed by atoms with van der Waals surface area (Å²) in [7, 11) is -3.02. The van der Waals surface area contributed by atoms with Crippen LogP contribution in [0.25, 0.3) is 0 Å². The number of aromatic nitrogens is 2. The summed E-state index contributed by atoms with van der Waals surface area (Å²) in [6.45, 7) is 0. The van der Waals surface area contributed by atoms with Crippen LogP contribution in [0.3, 0.4) is 0 Å². The molecule has 1 aromatic heterocycles. The lowest BCUT2D eigenvalue weighted by Gasteiger charge is -2.19. The number of hydrogen-bond donors (Lipinski definition) is 2. The number of nitrogen functional groups attached to an aromatic ring is 1. The maximum Gasteiger partial charge on any atom is 0.270 e. The Bertz CT molecular complexity index is 687. The van der Waals surface area contributed by atoms with E-state index >= 15 is 0 Å². The van der Waals surface area contributed by atoms with Crippen molar-refractivity contribution in [3.05, 3.63) is 17.0 Å². The van der Waals surface area contributed by atoms with Gasteiger partial charge in [-0.3, -0.25) is 4.79 Å². The Morgan fingerprint density at radius 2 is 2.00 bits per heavy atom. The minimum atomic E-state index is -3.02. The topological polar surface area (TPSA) is 115 Å². The first-order valence-corrected chi connectivity index (χ1v) is 8.93. The van der Waals surface area contributed by atoms with Gasteiger partial charge in [0.05, 0.1) is 11.5 Å². The van der Waals surface area contributed by atoms with E-state index in [4.69, 9.17) is 5.73 Å². The molecular formula is C13H18N4O3S.